The number of rotatable bonds is 12. The van der Waals surface area contributed by atoms with Crippen molar-refractivity contribution in [1.29, 1.82) is 0 Å². The van der Waals surface area contributed by atoms with E-state index in [-0.39, 0.29) is 30.4 Å². The summed E-state index contributed by atoms with van der Waals surface area (Å²) >= 11 is 0. The van der Waals surface area contributed by atoms with E-state index in [4.69, 9.17) is 4.74 Å². The number of hydrogen-bond acceptors (Lipinski definition) is 5. The van der Waals surface area contributed by atoms with Gasteiger partial charge in [-0.3, -0.25) is 19.2 Å². The SMILES string of the molecule is CC(C)C[C@H](NC(=O)c1cc2ccccc2[nH]1)C(=O)N[C@@H](C[C@@H]1CCNC1=O)C(=O)COc1c(F)ccc(F)c1F. The standard InChI is InChI=1S/C29H31F3N4O5/c1-15(2)11-22(36-29(40)23-12-16-5-3-4-6-20(16)34-23)28(39)35-21(13-17-9-10-33-27(17)38)24(37)14-41-26-19(31)8-7-18(30)25(26)32/h3-8,12,15,17,21-22,34H,9-11,13-14H2,1-2H3,(H,33,38)(H,35,39)(H,36,40)/t17-,21-,22-/m0/s1. The minimum absolute atomic E-state index is 0.0224. The second-order valence-corrected chi connectivity index (χ2v) is 10.4. The summed E-state index contributed by atoms with van der Waals surface area (Å²) < 4.78 is 46.6. The first-order valence-corrected chi connectivity index (χ1v) is 13.3. The molecule has 3 atom stereocenters. The maximum absolute atomic E-state index is 14.0. The quantitative estimate of drug-likeness (QED) is 0.247. The van der Waals surface area contributed by atoms with Gasteiger partial charge in [0.05, 0.1) is 6.04 Å². The Kier molecular flexibility index (Phi) is 9.31. The van der Waals surface area contributed by atoms with Gasteiger partial charge < -0.3 is 25.7 Å². The smallest absolute Gasteiger partial charge is 0.268 e. The van der Waals surface area contributed by atoms with E-state index >= 15 is 0 Å². The van der Waals surface area contributed by atoms with Crippen molar-refractivity contribution in [3.63, 3.8) is 0 Å². The van der Waals surface area contributed by atoms with Gasteiger partial charge in [-0.25, -0.2) is 8.78 Å². The Bertz CT molecular complexity index is 1420. The average molecular weight is 573 g/mol. The summed E-state index contributed by atoms with van der Waals surface area (Å²) in [4.78, 5) is 54.8. The molecule has 4 rings (SSSR count). The van der Waals surface area contributed by atoms with Gasteiger partial charge >= 0.3 is 0 Å². The molecule has 0 saturated carbocycles. The van der Waals surface area contributed by atoms with Crippen LogP contribution in [0.2, 0.25) is 0 Å². The van der Waals surface area contributed by atoms with Gasteiger partial charge in [0.15, 0.2) is 23.2 Å². The molecule has 0 aliphatic carbocycles. The predicted octanol–water partition coefficient (Wildman–Crippen LogP) is 3.39. The number of aromatic nitrogens is 1. The van der Waals surface area contributed by atoms with Gasteiger partial charge in [0, 0.05) is 23.4 Å². The van der Waals surface area contributed by atoms with Gasteiger partial charge in [0.1, 0.15) is 18.3 Å². The van der Waals surface area contributed by atoms with Gasteiger partial charge in [-0.05, 0) is 49.4 Å². The van der Waals surface area contributed by atoms with Gasteiger partial charge in [-0.2, -0.15) is 4.39 Å². The van der Waals surface area contributed by atoms with Crippen molar-refractivity contribution in [3.05, 3.63) is 65.6 Å². The number of Topliss-reactive ketones (excluding diaryl/α,β-unsaturated/α-hetero) is 1. The van der Waals surface area contributed by atoms with E-state index in [1.54, 1.807) is 6.07 Å². The molecule has 12 heteroatoms. The maximum atomic E-state index is 14.0. The van der Waals surface area contributed by atoms with E-state index in [1.807, 2.05) is 38.1 Å². The van der Waals surface area contributed by atoms with Crippen molar-refractivity contribution in [2.24, 2.45) is 11.8 Å². The zero-order chi connectivity index (χ0) is 29.7. The first kappa shape index (κ1) is 29.6. The summed E-state index contributed by atoms with van der Waals surface area (Å²) in [6.07, 6.45) is 0.552. The van der Waals surface area contributed by atoms with Crippen molar-refractivity contribution >= 4 is 34.4 Å². The molecule has 1 aliphatic heterocycles. The van der Waals surface area contributed by atoms with Crippen LogP contribution < -0.4 is 20.7 Å². The lowest BCUT2D eigenvalue weighted by atomic mass is 9.95. The summed E-state index contributed by atoms with van der Waals surface area (Å²) in [7, 11) is 0. The van der Waals surface area contributed by atoms with Crippen molar-refractivity contribution in [2.45, 2.75) is 45.2 Å². The van der Waals surface area contributed by atoms with Crippen LogP contribution in [0.4, 0.5) is 13.2 Å². The number of para-hydroxylation sites is 1. The van der Waals surface area contributed by atoms with Crippen LogP contribution in [-0.4, -0.2) is 53.7 Å². The molecule has 0 spiro atoms. The van der Waals surface area contributed by atoms with Crippen LogP contribution in [0.5, 0.6) is 5.75 Å². The fourth-order valence-corrected chi connectivity index (χ4v) is 4.72. The highest BCUT2D eigenvalue weighted by atomic mass is 19.2. The average Bonchev–Trinajstić information content (AvgIpc) is 3.55. The largest absolute Gasteiger partial charge is 0.480 e. The van der Waals surface area contributed by atoms with Gasteiger partial charge in [-0.15, -0.1) is 0 Å². The van der Waals surface area contributed by atoms with Crippen LogP contribution in [0, 0.1) is 29.3 Å². The number of carbonyl (C=O) groups is 4. The number of fused-ring (bicyclic) bond motifs is 1. The van der Waals surface area contributed by atoms with Crippen molar-refractivity contribution < 1.29 is 37.1 Å². The highest BCUT2D eigenvalue weighted by Crippen LogP contribution is 2.24. The number of carbonyl (C=O) groups excluding carboxylic acids is 4. The minimum Gasteiger partial charge on any atom is -0.480 e. The molecule has 2 heterocycles. The van der Waals surface area contributed by atoms with Crippen molar-refractivity contribution in [1.82, 2.24) is 20.9 Å². The lowest BCUT2D eigenvalue weighted by molar-refractivity contribution is -0.131. The molecule has 1 fully saturated rings. The fourth-order valence-electron chi connectivity index (χ4n) is 4.72. The van der Waals surface area contributed by atoms with Gasteiger partial charge in [0.2, 0.25) is 17.6 Å². The van der Waals surface area contributed by atoms with E-state index in [0.717, 1.165) is 10.9 Å². The highest BCUT2D eigenvalue weighted by Gasteiger charge is 2.34. The Hall–Kier alpha value is -4.35. The molecule has 4 N–H and O–H groups in total. The Morgan fingerprint density at radius 1 is 1.02 bits per heavy atom. The first-order valence-electron chi connectivity index (χ1n) is 13.3. The Balaban J connectivity index is 1.50. The number of benzene rings is 2. The Morgan fingerprint density at radius 2 is 1.76 bits per heavy atom. The molecular weight excluding hydrogens is 541 g/mol. The Labute approximate surface area is 234 Å². The Morgan fingerprint density at radius 3 is 2.44 bits per heavy atom. The third-order valence-electron chi connectivity index (χ3n) is 6.85. The van der Waals surface area contributed by atoms with Gasteiger partial charge in [0.25, 0.3) is 5.91 Å². The predicted molar refractivity (Wildman–Crippen MR) is 143 cm³/mol. The number of ketones is 1. The van der Waals surface area contributed by atoms with Crippen LogP contribution in [0.15, 0.2) is 42.5 Å². The maximum Gasteiger partial charge on any atom is 0.268 e. The van der Waals surface area contributed by atoms with E-state index in [9.17, 15) is 32.3 Å². The number of hydrogen-bond donors (Lipinski definition) is 4. The molecule has 9 nitrogen and oxygen atoms in total. The molecule has 218 valence electrons. The van der Waals surface area contributed by atoms with Crippen LogP contribution in [0.3, 0.4) is 0 Å². The lowest BCUT2D eigenvalue weighted by Crippen LogP contribution is -2.53. The molecule has 1 saturated heterocycles. The third kappa shape index (κ3) is 7.24. The first-order chi connectivity index (χ1) is 19.5. The second kappa shape index (κ2) is 12.9. The van der Waals surface area contributed by atoms with Crippen LogP contribution in [0.25, 0.3) is 10.9 Å². The van der Waals surface area contributed by atoms with E-state index in [1.165, 1.54) is 0 Å². The summed E-state index contributed by atoms with van der Waals surface area (Å²) in [5.41, 5.74) is 0.990. The number of H-pyrrole nitrogens is 1. The molecule has 0 unspecified atom stereocenters. The van der Waals surface area contributed by atoms with Crippen LogP contribution in [0.1, 0.15) is 43.6 Å². The molecule has 3 aromatic rings. The minimum atomic E-state index is -1.59. The molecule has 0 bridgehead atoms. The normalized spacial score (nSPS) is 16.3. The summed E-state index contributed by atoms with van der Waals surface area (Å²) in [5.74, 6) is -8.13. The number of ether oxygens (including phenoxy) is 1. The zero-order valence-corrected chi connectivity index (χ0v) is 22.6. The molecule has 1 aromatic heterocycles. The van der Waals surface area contributed by atoms with Crippen molar-refractivity contribution in [2.75, 3.05) is 13.2 Å². The number of nitrogens with one attached hydrogen (secondary N) is 4. The topological polar surface area (TPSA) is 129 Å². The molecule has 1 aliphatic rings. The fraction of sp³-hybridized carbons (Fsp3) is 0.379. The van der Waals surface area contributed by atoms with Crippen molar-refractivity contribution in [3.8, 4) is 5.75 Å². The molecule has 41 heavy (non-hydrogen) atoms. The third-order valence-corrected chi connectivity index (χ3v) is 6.85. The number of aromatic amines is 1. The molecular formula is C29H31F3N4O5. The zero-order valence-electron chi connectivity index (χ0n) is 22.6. The molecule has 0 radical (unpaired) electrons. The summed E-state index contributed by atoms with van der Waals surface area (Å²) in [5, 5.41) is 8.77. The van der Waals surface area contributed by atoms with E-state index in [0.29, 0.717) is 25.1 Å². The molecule has 3 amide bonds. The second-order valence-electron chi connectivity index (χ2n) is 10.4. The van der Waals surface area contributed by atoms with E-state index < -0.39 is 65.4 Å². The van der Waals surface area contributed by atoms with Crippen LogP contribution >= 0.6 is 0 Å². The van der Waals surface area contributed by atoms with E-state index in [2.05, 4.69) is 20.9 Å². The lowest BCUT2D eigenvalue weighted by Gasteiger charge is -2.25. The monoisotopic (exact) mass is 572 g/mol. The highest BCUT2D eigenvalue weighted by molar-refractivity contribution is 6.01. The number of halogens is 3. The number of amides is 3. The summed E-state index contributed by atoms with van der Waals surface area (Å²) in [6.45, 7) is 3.21. The van der Waals surface area contributed by atoms with Crippen LogP contribution in [-0.2, 0) is 14.4 Å². The summed E-state index contributed by atoms with van der Waals surface area (Å²) in [6, 6.07) is 7.86. The van der Waals surface area contributed by atoms with Gasteiger partial charge in [-0.1, -0.05) is 32.0 Å². The molecule has 2 aromatic carbocycles.